The van der Waals surface area contributed by atoms with E-state index >= 15 is 0 Å². The Balaban J connectivity index is 4.40. The predicted molar refractivity (Wildman–Crippen MR) is 98.7 cm³/mol. The fourth-order valence-corrected chi connectivity index (χ4v) is 1.86. The van der Waals surface area contributed by atoms with Crippen molar-refractivity contribution in [2.45, 2.75) is 71.6 Å². The maximum atomic E-state index is 12.2. The molecule has 0 spiro atoms. The third-order valence-electron chi connectivity index (χ3n) is 2.82. The van der Waals surface area contributed by atoms with E-state index in [0.29, 0.717) is 25.9 Å². The molecule has 0 saturated heterocycles. The van der Waals surface area contributed by atoms with E-state index in [2.05, 4.69) is 16.0 Å². The first-order valence-electron chi connectivity index (χ1n) is 8.78. The van der Waals surface area contributed by atoms with Gasteiger partial charge in [-0.1, -0.05) is 0 Å². The molecule has 0 saturated carbocycles. The zero-order chi connectivity index (χ0) is 20.4. The van der Waals surface area contributed by atoms with Crippen LogP contribution in [0.1, 0.15) is 54.4 Å². The smallest absolute Gasteiger partial charge is 0.414 e. The number of carbonyl (C=O) groups is 3. The molecule has 0 aliphatic carbocycles. The van der Waals surface area contributed by atoms with E-state index in [9.17, 15) is 14.4 Å². The number of nitrogens with two attached hydrogens (primary N) is 1. The Morgan fingerprint density at radius 3 is 1.96 bits per heavy atom. The largest absolute Gasteiger partial charge is 0.444 e. The number of rotatable bonds is 8. The Morgan fingerprint density at radius 1 is 0.923 bits per heavy atom. The van der Waals surface area contributed by atoms with E-state index in [4.69, 9.17) is 15.2 Å². The van der Waals surface area contributed by atoms with Crippen LogP contribution >= 0.6 is 0 Å². The molecule has 0 rings (SSSR count). The summed E-state index contributed by atoms with van der Waals surface area (Å²) in [5, 5.41) is 7.80. The van der Waals surface area contributed by atoms with Crippen LogP contribution < -0.4 is 21.7 Å². The minimum atomic E-state index is -0.797. The van der Waals surface area contributed by atoms with Crippen molar-refractivity contribution in [3.63, 3.8) is 0 Å². The molecule has 0 bridgehead atoms. The Bertz CT molecular complexity index is 469. The number of nitrogens with one attached hydrogen (secondary N) is 3. The lowest BCUT2D eigenvalue weighted by atomic mass is 10.1. The van der Waals surface area contributed by atoms with Gasteiger partial charge in [-0.05, 0) is 60.9 Å². The molecule has 26 heavy (non-hydrogen) atoms. The predicted octanol–water partition coefficient (Wildman–Crippen LogP) is 1.26. The van der Waals surface area contributed by atoms with Crippen LogP contribution in [0.15, 0.2) is 0 Å². The average Bonchev–Trinajstić information content (AvgIpc) is 2.42. The van der Waals surface area contributed by atoms with Crippen molar-refractivity contribution in [2.75, 3.05) is 19.6 Å². The molecular formula is C17H34N4O5. The summed E-state index contributed by atoms with van der Waals surface area (Å²) in [5.74, 6) is -0.495. The van der Waals surface area contributed by atoms with E-state index < -0.39 is 35.3 Å². The fourth-order valence-electron chi connectivity index (χ4n) is 1.86. The van der Waals surface area contributed by atoms with Gasteiger partial charge in [0, 0.05) is 13.1 Å². The summed E-state index contributed by atoms with van der Waals surface area (Å²) in [6.45, 7) is 11.5. The molecule has 0 aromatic rings. The maximum absolute atomic E-state index is 12.2. The summed E-state index contributed by atoms with van der Waals surface area (Å²) < 4.78 is 10.2. The third-order valence-corrected chi connectivity index (χ3v) is 2.82. The van der Waals surface area contributed by atoms with Crippen LogP contribution in [0.3, 0.4) is 0 Å². The monoisotopic (exact) mass is 374 g/mol. The Morgan fingerprint density at radius 2 is 1.46 bits per heavy atom. The first-order valence-corrected chi connectivity index (χ1v) is 8.78. The molecule has 5 N–H and O–H groups in total. The number of hydrogen-bond donors (Lipinski definition) is 4. The lowest BCUT2D eigenvalue weighted by Gasteiger charge is -2.22. The first-order chi connectivity index (χ1) is 11.8. The second-order valence-electron chi connectivity index (χ2n) is 7.86. The van der Waals surface area contributed by atoms with Crippen LogP contribution in [-0.4, -0.2) is 55.0 Å². The molecule has 0 fully saturated rings. The number of alkyl carbamates (subject to hydrolysis) is 2. The summed E-state index contributed by atoms with van der Waals surface area (Å²) in [6.07, 6.45) is -0.263. The molecule has 1 atom stereocenters. The summed E-state index contributed by atoms with van der Waals surface area (Å²) in [4.78, 5) is 35.5. The van der Waals surface area contributed by atoms with Gasteiger partial charge in [-0.2, -0.15) is 0 Å². The van der Waals surface area contributed by atoms with Crippen LogP contribution in [-0.2, 0) is 14.3 Å². The van der Waals surface area contributed by atoms with Crippen molar-refractivity contribution in [1.82, 2.24) is 16.0 Å². The summed E-state index contributed by atoms with van der Waals surface area (Å²) in [7, 11) is 0. The molecule has 0 radical (unpaired) electrons. The van der Waals surface area contributed by atoms with Gasteiger partial charge in [-0.15, -0.1) is 0 Å². The molecule has 0 heterocycles. The SMILES string of the molecule is CC(C)(C)OC(=O)NCCN[C@@H](CCCN)C(=O)NC(=O)OC(C)(C)C. The number of imide groups is 1. The second kappa shape index (κ2) is 11.0. The zero-order valence-corrected chi connectivity index (χ0v) is 16.7. The highest BCUT2D eigenvalue weighted by atomic mass is 16.6. The van der Waals surface area contributed by atoms with E-state index in [1.807, 2.05) is 0 Å². The van der Waals surface area contributed by atoms with Gasteiger partial charge < -0.3 is 25.8 Å². The quantitative estimate of drug-likeness (QED) is 0.470. The molecule has 0 aromatic carbocycles. The minimum absolute atomic E-state index is 0.272. The molecule has 9 nitrogen and oxygen atoms in total. The summed E-state index contributed by atoms with van der Waals surface area (Å²) in [5.41, 5.74) is 4.22. The lowest BCUT2D eigenvalue weighted by molar-refractivity contribution is -0.122. The van der Waals surface area contributed by atoms with E-state index in [1.54, 1.807) is 41.5 Å². The van der Waals surface area contributed by atoms with E-state index in [1.165, 1.54) is 0 Å². The summed E-state index contributed by atoms with van der Waals surface area (Å²) >= 11 is 0. The number of amides is 3. The molecule has 3 amide bonds. The van der Waals surface area contributed by atoms with Gasteiger partial charge in [0.25, 0.3) is 0 Å². The molecule has 152 valence electrons. The van der Waals surface area contributed by atoms with Gasteiger partial charge in [0.1, 0.15) is 11.2 Å². The Hall–Kier alpha value is -1.87. The van der Waals surface area contributed by atoms with Crippen LogP contribution in [0.4, 0.5) is 9.59 Å². The minimum Gasteiger partial charge on any atom is -0.444 e. The molecule has 9 heteroatoms. The van der Waals surface area contributed by atoms with Crippen molar-refractivity contribution in [2.24, 2.45) is 5.73 Å². The number of hydrogen-bond acceptors (Lipinski definition) is 7. The molecular weight excluding hydrogens is 340 g/mol. The third kappa shape index (κ3) is 13.4. The van der Waals surface area contributed by atoms with Crippen molar-refractivity contribution >= 4 is 18.1 Å². The highest BCUT2D eigenvalue weighted by Crippen LogP contribution is 2.07. The number of carbonyl (C=O) groups excluding carboxylic acids is 3. The second-order valence-corrected chi connectivity index (χ2v) is 7.86. The lowest BCUT2D eigenvalue weighted by Crippen LogP contribution is -2.49. The highest BCUT2D eigenvalue weighted by molar-refractivity contribution is 5.94. The van der Waals surface area contributed by atoms with Crippen LogP contribution in [0.25, 0.3) is 0 Å². The summed E-state index contributed by atoms with van der Waals surface area (Å²) in [6, 6.07) is -0.619. The van der Waals surface area contributed by atoms with E-state index in [-0.39, 0.29) is 6.54 Å². The van der Waals surface area contributed by atoms with E-state index in [0.717, 1.165) is 0 Å². The van der Waals surface area contributed by atoms with Crippen LogP contribution in [0.2, 0.25) is 0 Å². The van der Waals surface area contributed by atoms with Gasteiger partial charge in [-0.25, -0.2) is 9.59 Å². The molecule has 0 aliphatic rings. The zero-order valence-electron chi connectivity index (χ0n) is 16.7. The molecule has 0 aliphatic heterocycles. The fraction of sp³-hybridized carbons (Fsp3) is 0.824. The average molecular weight is 374 g/mol. The highest BCUT2D eigenvalue weighted by Gasteiger charge is 2.23. The number of ether oxygens (including phenoxy) is 2. The standard InChI is InChI=1S/C17H34N4O5/c1-16(2,3)25-14(23)20-11-10-19-12(8-7-9-18)13(22)21-15(24)26-17(4,5)6/h12,19H,7-11,18H2,1-6H3,(H,20,23)(H,21,22,24)/t12-/m0/s1. The molecule has 0 aromatic heterocycles. The van der Waals surface area contributed by atoms with Crippen LogP contribution in [0, 0.1) is 0 Å². The normalized spacial score (nSPS) is 12.9. The topological polar surface area (TPSA) is 132 Å². The Labute approximate surface area is 155 Å². The van der Waals surface area contributed by atoms with Gasteiger partial charge in [0.05, 0.1) is 6.04 Å². The van der Waals surface area contributed by atoms with Gasteiger partial charge in [-0.3, -0.25) is 10.1 Å². The van der Waals surface area contributed by atoms with Gasteiger partial charge in [0.15, 0.2) is 0 Å². The molecule has 0 unspecified atom stereocenters. The van der Waals surface area contributed by atoms with Crippen molar-refractivity contribution < 1.29 is 23.9 Å². The van der Waals surface area contributed by atoms with Gasteiger partial charge >= 0.3 is 12.2 Å². The van der Waals surface area contributed by atoms with Crippen molar-refractivity contribution in [3.05, 3.63) is 0 Å². The Kier molecular flexibility index (Phi) is 10.2. The van der Waals surface area contributed by atoms with Crippen molar-refractivity contribution in [1.29, 1.82) is 0 Å². The van der Waals surface area contributed by atoms with Crippen LogP contribution in [0.5, 0.6) is 0 Å². The van der Waals surface area contributed by atoms with Gasteiger partial charge in [0.2, 0.25) is 5.91 Å². The maximum Gasteiger partial charge on any atom is 0.414 e. The first kappa shape index (κ1) is 24.1. The van der Waals surface area contributed by atoms with Crippen molar-refractivity contribution in [3.8, 4) is 0 Å².